The fourth-order valence-corrected chi connectivity index (χ4v) is 0.815. The van der Waals surface area contributed by atoms with E-state index in [0.29, 0.717) is 0 Å². The topological polar surface area (TPSA) is 78.2 Å². The second-order valence-electron chi connectivity index (χ2n) is 2.98. The van der Waals surface area contributed by atoms with E-state index in [2.05, 4.69) is 20.0 Å². The van der Waals surface area contributed by atoms with Gasteiger partial charge in [0.15, 0.2) is 0 Å². The van der Waals surface area contributed by atoms with Crippen molar-refractivity contribution in [1.82, 2.24) is 0 Å². The van der Waals surface area contributed by atoms with Gasteiger partial charge < -0.3 is 9.47 Å². The Morgan fingerprint density at radius 1 is 0.833 bits per heavy atom. The van der Waals surface area contributed by atoms with Crippen LogP contribution < -0.4 is 0 Å². The molecule has 5 nitrogen and oxygen atoms in total. The minimum atomic E-state index is -10.7. The Labute approximate surface area is 144 Å². The summed E-state index contributed by atoms with van der Waals surface area (Å²) in [5, 5.41) is 0. The number of methoxy groups -OCH3 is 2. The number of rotatable bonds is 2. The molecule has 0 aliphatic heterocycles. The van der Waals surface area contributed by atoms with Gasteiger partial charge in [-0.2, -0.15) is 0 Å². The molecule has 141 valence electrons. The summed E-state index contributed by atoms with van der Waals surface area (Å²) >= 11 is 0. The number of halogens is 6. The SMILES string of the molecule is CO[C]1C=CC(OC)=CC1.F[P-](F)(F)(F)(F)F.[C-]#[O+].[C-]#[O+].[C-]#[O+].[Fe]. The average Bonchev–Trinajstić information content (AvgIpc) is 2.50. The summed E-state index contributed by atoms with van der Waals surface area (Å²) in [6, 6.07) is 0. The first kappa shape index (κ1) is 34.3. The maximum absolute atomic E-state index is 10.7. The van der Waals surface area contributed by atoms with E-state index in [4.69, 9.17) is 23.4 Å². The predicted molar refractivity (Wildman–Crippen MR) is 64.5 cm³/mol. The average molecular weight is 424 g/mol. The van der Waals surface area contributed by atoms with Crippen LogP contribution in [-0.4, -0.2) is 14.2 Å². The van der Waals surface area contributed by atoms with E-state index in [1.54, 1.807) is 14.2 Å². The van der Waals surface area contributed by atoms with Crippen molar-refractivity contribution in [3.63, 3.8) is 0 Å². The van der Waals surface area contributed by atoms with E-state index in [1.165, 1.54) is 0 Å². The van der Waals surface area contributed by atoms with Gasteiger partial charge in [-0.1, -0.05) is 0 Å². The first-order chi connectivity index (χ1) is 10.3. The van der Waals surface area contributed by atoms with Crippen molar-refractivity contribution in [2.45, 2.75) is 6.42 Å². The number of ether oxygens (including phenoxy) is 2. The maximum Gasteiger partial charge on any atom is 0 e. The molecule has 0 spiro atoms. The normalized spacial score (nSPS) is 14.8. The van der Waals surface area contributed by atoms with Crippen LogP contribution in [0.5, 0.6) is 0 Å². The Balaban J connectivity index is -0.0000000762. The van der Waals surface area contributed by atoms with E-state index in [1.807, 2.05) is 18.2 Å². The molecule has 0 aromatic heterocycles. The van der Waals surface area contributed by atoms with Crippen molar-refractivity contribution in [2.24, 2.45) is 0 Å². The summed E-state index contributed by atoms with van der Waals surface area (Å²) in [6.45, 7) is 13.5. The third-order valence-corrected chi connectivity index (χ3v) is 1.44. The minimum absolute atomic E-state index is 0. The molecule has 0 bridgehead atoms. The third kappa shape index (κ3) is 49.7. The van der Waals surface area contributed by atoms with Gasteiger partial charge in [0.2, 0.25) is 0 Å². The van der Waals surface area contributed by atoms with Crippen LogP contribution in [0.4, 0.5) is 25.2 Å². The van der Waals surface area contributed by atoms with Crippen LogP contribution in [0.25, 0.3) is 0 Å². The van der Waals surface area contributed by atoms with Crippen molar-refractivity contribution in [2.75, 3.05) is 14.2 Å². The molecular formula is C11H11F6FeO5P-. The summed E-state index contributed by atoms with van der Waals surface area (Å²) < 4.78 is 91.7. The Kier molecular flexibility index (Phi) is 20.5. The van der Waals surface area contributed by atoms with E-state index in [-0.39, 0.29) is 17.1 Å². The van der Waals surface area contributed by atoms with E-state index < -0.39 is 7.81 Å². The third-order valence-electron chi connectivity index (χ3n) is 1.44. The molecule has 0 saturated carbocycles. The Morgan fingerprint density at radius 2 is 1.17 bits per heavy atom. The molecular weight excluding hydrogens is 413 g/mol. The van der Waals surface area contributed by atoms with Gasteiger partial charge in [0.05, 0.1) is 7.11 Å². The molecule has 0 atom stereocenters. The van der Waals surface area contributed by atoms with Crippen molar-refractivity contribution in [3.8, 4) is 0 Å². The summed E-state index contributed by atoms with van der Waals surface area (Å²) in [5.74, 6) is 0.904. The Hall–Kier alpha value is -1.01. The molecule has 0 aromatic rings. The summed E-state index contributed by atoms with van der Waals surface area (Å²) in [7, 11) is -7.32. The summed E-state index contributed by atoms with van der Waals surface area (Å²) in [6.07, 6.45) is 7.59. The van der Waals surface area contributed by atoms with Crippen molar-refractivity contribution in [3.05, 3.63) is 50.0 Å². The Bertz CT molecular complexity index is 414. The minimum Gasteiger partial charge on any atom is 0 e. The van der Waals surface area contributed by atoms with E-state index in [9.17, 15) is 25.2 Å². The van der Waals surface area contributed by atoms with Gasteiger partial charge in [0, 0.05) is 30.6 Å². The van der Waals surface area contributed by atoms with Gasteiger partial charge in [0.1, 0.15) is 11.9 Å². The van der Waals surface area contributed by atoms with Gasteiger partial charge in [-0.3, -0.25) is 0 Å². The second kappa shape index (κ2) is 14.3. The fourth-order valence-electron chi connectivity index (χ4n) is 0.815. The number of hydrogen-bond donors (Lipinski definition) is 0. The standard InChI is InChI=1S/C8H11O2.3CO.F6P.Fe/c1-9-7-3-5-8(10-2)6-4-7;3*1-2;1-7(2,3,4,5)6;/h3-5H,6H2,1-2H3;;;;;/q;;;;-1;. The van der Waals surface area contributed by atoms with E-state index >= 15 is 0 Å². The Morgan fingerprint density at radius 3 is 1.33 bits per heavy atom. The van der Waals surface area contributed by atoms with Gasteiger partial charge in [-0.25, -0.2) is 0 Å². The predicted octanol–water partition coefficient (Wildman–Crippen LogP) is 4.92. The van der Waals surface area contributed by atoms with Crippen LogP contribution in [0.1, 0.15) is 6.42 Å². The smallest absolute Gasteiger partial charge is 0 e. The molecule has 24 heavy (non-hydrogen) atoms. The fraction of sp³-hybridized carbons (Fsp3) is 0.273. The molecule has 1 aliphatic carbocycles. The van der Waals surface area contributed by atoms with Crippen molar-refractivity contribution in [1.29, 1.82) is 0 Å². The first-order valence-corrected chi connectivity index (χ1v) is 6.84. The zero-order chi connectivity index (χ0) is 19.8. The largest absolute Gasteiger partial charge is 0 e. The zero-order valence-corrected chi connectivity index (χ0v) is 14.0. The molecule has 0 amide bonds. The molecule has 0 heterocycles. The molecule has 0 N–H and O–H groups in total. The monoisotopic (exact) mass is 424 g/mol. The van der Waals surface area contributed by atoms with Crippen LogP contribution in [0.15, 0.2) is 24.0 Å². The molecule has 0 saturated heterocycles. The molecule has 0 unspecified atom stereocenters. The van der Waals surface area contributed by atoms with E-state index in [0.717, 1.165) is 18.3 Å². The van der Waals surface area contributed by atoms with Crippen LogP contribution in [0.3, 0.4) is 0 Å². The molecule has 1 aliphatic rings. The molecule has 13 heteroatoms. The van der Waals surface area contributed by atoms with Crippen molar-refractivity contribution < 1.29 is 65.7 Å². The second-order valence-corrected chi connectivity index (χ2v) is 4.89. The zero-order valence-electron chi connectivity index (χ0n) is 12.0. The van der Waals surface area contributed by atoms with Crippen molar-refractivity contribution >= 4 is 7.81 Å². The van der Waals surface area contributed by atoms with Gasteiger partial charge in [-0.15, -0.1) is 0 Å². The summed E-state index contributed by atoms with van der Waals surface area (Å²) in [4.78, 5) is 0. The molecule has 0 aromatic carbocycles. The van der Waals surface area contributed by atoms with Crippen LogP contribution in [-0.2, 0) is 40.5 Å². The van der Waals surface area contributed by atoms with Gasteiger partial charge in [0.25, 0.3) is 0 Å². The number of hydrogen-bond acceptors (Lipinski definition) is 2. The molecule has 1 radical (unpaired) electrons. The van der Waals surface area contributed by atoms with Crippen LogP contribution in [0.2, 0.25) is 0 Å². The first-order valence-electron chi connectivity index (χ1n) is 4.81. The quantitative estimate of drug-likeness (QED) is 0.207. The number of allylic oxidation sites excluding steroid dienone is 1. The van der Waals surface area contributed by atoms with Gasteiger partial charge >= 0.3 is 66.9 Å². The van der Waals surface area contributed by atoms with Gasteiger partial charge in [-0.05, 0) is 18.2 Å². The molecule has 0 fully saturated rings. The van der Waals surface area contributed by atoms with Crippen LogP contribution >= 0.6 is 7.81 Å². The summed E-state index contributed by atoms with van der Waals surface area (Å²) in [5.41, 5.74) is 0. The molecule has 1 rings (SSSR count). The van der Waals surface area contributed by atoms with Crippen LogP contribution in [0, 0.1) is 26.1 Å². The maximum atomic E-state index is 9.87.